The van der Waals surface area contributed by atoms with E-state index >= 15 is 0 Å². The predicted molar refractivity (Wildman–Crippen MR) is 61.0 cm³/mol. The van der Waals surface area contributed by atoms with Crippen LogP contribution in [0.2, 0.25) is 0 Å². The van der Waals surface area contributed by atoms with Crippen LogP contribution in [0, 0.1) is 5.92 Å². The summed E-state index contributed by atoms with van der Waals surface area (Å²) in [4.78, 5) is 12.2. The lowest BCUT2D eigenvalue weighted by molar-refractivity contribution is -0.274. The van der Waals surface area contributed by atoms with Crippen LogP contribution in [0.15, 0.2) is 24.3 Å². The maximum atomic E-state index is 12.3. The van der Waals surface area contributed by atoms with Crippen LogP contribution in [0.3, 0.4) is 0 Å². The summed E-state index contributed by atoms with van der Waals surface area (Å²) in [5.41, 5.74) is -0.0532. The molecule has 0 bridgehead atoms. The Labute approximate surface area is 108 Å². The van der Waals surface area contributed by atoms with Crippen molar-refractivity contribution in [2.24, 2.45) is 5.92 Å². The number of benzene rings is 1. The van der Waals surface area contributed by atoms with Crippen LogP contribution in [0.4, 0.5) is 13.2 Å². The molecule has 1 fully saturated rings. The first-order chi connectivity index (χ1) is 8.87. The van der Waals surface area contributed by atoms with Gasteiger partial charge < -0.3 is 9.47 Å². The Morgan fingerprint density at radius 1 is 1.37 bits per heavy atom. The second-order valence-electron chi connectivity index (χ2n) is 4.48. The van der Waals surface area contributed by atoms with Crippen molar-refractivity contribution >= 4 is 5.78 Å². The monoisotopic (exact) mass is 274 g/mol. The fourth-order valence-electron chi connectivity index (χ4n) is 2.10. The zero-order valence-electron chi connectivity index (χ0n) is 10.2. The largest absolute Gasteiger partial charge is 0.573 e. The first kappa shape index (κ1) is 13.9. The number of hydrogen-bond donors (Lipinski definition) is 0. The van der Waals surface area contributed by atoms with Gasteiger partial charge in [-0.15, -0.1) is 13.2 Å². The molecule has 19 heavy (non-hydrogen) atoms. The number of Topliss-reactive ketones (excluding diaryl/α,β-unsaturated/α-hetero) is 1. The third-order valence-corrected chi connectivity index (χ3v) is 2.95. The van der Waals surface area contributed by atoms with E-state index in [-0.39, 0.29) is 24.1 Å². The minimum atomic E-state index is -4.81. The molecule has 6 heteroatoms. The van der Waals surface area contributed by atoms with Gasteiger partial charge in [0.1, 0.15) is 5.75 Å². The molecule has 0 aromatic heterocycles. The van der Waals surface area contributed by atoms with E-state index in [2.05, 4.69) is 4.74 Å². The van der Waals surface area contributed by atoms with Crippen LogP contribution in [0.25, 0.3) is 0 Å². The summed E-state index contributed by atoms with van der Waals surface area (Å²) >= 11 is 0. The zero-order chi connectivity index (χ0) is 14.0. The third-order valence-electron chi connectivity index (χ3n) is 2.95. The minimum absolute atomic E-state index is 0.0513. The number of halogens is 3. The molecule has 0 spiro atoms. The molecule has 1 aromatic carbocycles. The summed E-state index contributed by atoms with van der Waals surface area (Å²) in [6.45, 7) is 2.06. The Hall–Kier alpha value is -1.56. The normalized spacial score (nSPS) is 23.4. The lowest BCUT2D eigenvalue weighted by Gasteiger charge is -2.14. The predicted octanol–water partition coefficient (Wildman–Crippen LogP) is 3.19. The molecule has 0 amide bonds. The molecule has 2 atom stereocenters. The number of ketones is 1. The first-order valence-corrected chi connectivity index (χ1v) is 5.87. The third kappa shape index (κ3) is 3.47. The molecule has 3 nitrogen and oxygen atoms in total. The average molecular weight is 274 g/mol. The van der Waals surface area contributed by atoms with Crippen LogP contribution in [0.1, 0.15) is 23.7 Å². The van der Waals surface area contributed by atoms with E-state index in [1.165, 1.54) is 18.2 Å². The highest BCUT2D eigenvalue weighted by Gasteiger charge is 2.35. The summed E-state index contributed by atoms with van der Waals surface area (Å²) in [6, 6.07) is 5.38. The summed E-state index contributed by atoms with van der Waals surface area (Å²) < 4.78 is 45.9. The van der Waals surface area contributed by atoms with Gasteiger partial charge >= 0.3 is 6.36 Å². The Balaban J connectivity index is 2.22. The lowest BCUT2D eigenvalue weighted by Crippen LogP contribution is -2.21. The molecule has 1 aliphatic rings. The van der Waals surface area contributed by atoms with Crippen molar-refractivity contribution in [3.05, 3.63) is 29.8 Å². The van der Waals surface area contributed by atoms with Gasteiger partial charge in [-0.1, -0.05) is 12.1 Å². The second-order valence-corrected chi connectivity index (χ2v) is 4.48. The first-order valence-electron chi connectivity index (χ1n) is 5.87. The van der Waals surface area contributed by atoms with Crippen LogP contribution >= 0.6 is 0 Å². The van der Waals surface area contributed by atoms with Gasteiger partial charge in [0.25, 0.3) is 0 Å². The zero-order valence-corrected chi connectivity index (χ0v) is 10.2. The van der Waals surface area contributed by atoms with Gasteiger partial charge in [-0.2, -0.15) is 0 Å². The van der Waals surface area contributed by atoms with E-state index in [0.717, 1.165) is 6.07 Å². The topological polar surface area (TPSA) is 35.5 Å². The van der Waals surface area contributed by atoms with E-state index in [1.54, 1.807) is 0 Å². The molecule has 2 rings (SSSR count). The molecule has 0 radical (unpaired) electrons. The molecule has 0 N–H and O–H groups in total. The number of rotatable bonds is 3. The van der Waals surface area contributed by atoms with Crippen molar-refractivity contribution in [1.82, 2.24) is 0 Å². The van der Waals surface area contributed by atoms with Gasteiger partial charge in [-0.3, -0.25) is 4.79 Å². The number of alkyl halides is 3. The number of ether oxygens (including phenoxy) is 2. The van der Waals surface area contributed by atoms with Crippen LogP contribution in [-0.2, 0) is 4.74 Å². The van der Waals surface area contributed by atoms with Crippen molar-refractivity contribution in [2.45, 2.75) is 25.8 Å². The molecule has 1 aromatic rings. The van der Waals surface area contributed by atoms with Crippen molar-refractivity contribution in [2.75, 3.05) is 6.61 Å². The average Bonchev–Trinajstić information content (AvgIpc) is 2.74. The molecule has 1 aliphatic heterocycles. The Bertz CT molecular complexity index is 470. The number of carbonyl (C=O) groups is 1. The highest BCUT2D eigenvalue weighted by molar-refractivity contribution is 6.00. The van der Waals surface area contributed by atoms with Gasteiger partial charge in [0.2, 0.25) is 0 Å². The van der Waals surface area contributed by atoms with E-state index in [1.807, 2.05) is 6.92 Å². The highest BCUT2D eigenvalue weighted by Crippen LogP contribution is 2.30. The van der Waals surface area contributed by atoms with Crippen molar-refractivity contribution in [3.63, 3.8) is 0 Å². The fraction of sp³-hybridized carbons (Fsp3) is 0.462. The summed E-state index contributed by atoms with van der Waals surface area (Å²) in [7, 11) is 0. The Morgan fingerprint density at radius 3 is 2.63 bits per heavy atom. The maximum absolute atomic E-state index is 12.3. The standard InChI is InChI=1S/C13H13F3O3/c1-8-6-9(7-18-8)12(17)10-4-2-3-5-11(10)19-13(14,15)16/h2-5,8-9H,6-7H2,1H3. The fourth-order valence-corrected chi connectivity index (χ4v) is 2.10. The number of carbonyl (C=O) groups excluding carboxylic acids is 1. The highest BCUT2D eigenvalue weighted by atomic mass is 19.4. The van der Waals surface area contributed by atoms with E-state index in [0.29, 0.717) is 6.42 Å². The van der Waals surface area contributed by atoms with E-state index < -0.39 is 18.0 Å². The van der Waals surface area contributed by atoms with Gasteiger partial charge in [0, 0.05) is 5.92 Å². The molecular weight excluding hydrogens is 261 g/mol. The minimum Gasteiger partial charge on any atom is -0.405 e. The van der Waals surface area contributed by atoms with Crippen LogP contribution < -0.4 is 4.74 Å². The molecule has 0 aliphatic carbocycles. The van der Waals surface area contributed by atoms with Crippen molar-refractivity contribution in [1.29, 1.82) is 0 Å². The molecule has 1 saturated heterocycles. The van der Waals surface area contributed by atoms with Gasteiger partial charge in [0.05, 0.1) is 18.3 Å². The quantitative estimate of drug-likeness (QED) is 0.794. The number of hydrogen-bond acceptors (Lipinski definition) is 3. The van der Waals surface area contributed by atoms with Crippen LogP contribution in [0.5, 0.6) is 5.75 Å². The smallest absolute Gasteiger partial charge is 0.405 e. The number of para-hydroxylation sites is 1. The molecule has 104 valence electrons. The van der Waals surface area contributed by atoms with Gasteiger partial charge in [-0.25, -0.2) is 0 Å². The van der Waals surface area contributed by atoms with Crippen LogP contribution in [-0.4, -0.2) is 24.9 Å². The van der Waals surface area contributed by atoms with Crippen molar-refractivity contribution in [3.8, 4) is 5.75 Å². The summed E-state index contributed by atoms with van der Waals surface area (Å²) in [5.74, 6) is -1.24. The Kier molecular flexibility index (Phi) is 3.80. The van der Waals surface area contributed by atoms with Gasteiger partial charge in [-0.05, 0) is 25.5 Å². The SMILES string of the molecule is CC1CC(C(=O)c2ccccc2OC(F)(F)F)CO1. The van der Waals surface area contributed by atoms with Gasteiger partial charge in [0.15, 0.2) is 5.78 Å². The Morgan fingerprint density at radius 2 is 2.05 bits per heavy atom. The van der Waals surface area contributed by atoms with E-state index in [4.69, 9.17) is 4.74 Å². The summed E-state index contributed by atoms with van der Waals surface area (Å²) in [6.07, 6.45) is -4.35. The molecule has 0 saturated carbocycles. The van der Waals surface area contributed by atoms with E-state index in [9.17, 15) is 18.0 Å². The maximum Gasteiger partial charge on any atom is 0.573 e. The lowest BCUT2D eigenvalue weighted by atomic mass is 9.95. The van der Waals surface area contributed by atoms with Crippen molar-refractivity contribution < 1.29 is 27.4 Å². The molecule has 1 heterocycles. The second kappa shape index (κ2) is 5.21. The molecular formula is C13H13F3O3. The molecule has 2 unspecified atom stereocenters. The summed E-state index contributed by atoms with van der Waals surface area (Å²) in [5, 5.41) is 0.